The first-order chi connectivity index (χ1) is 8.45. The Morgan fingerprint density at radius 3 is 2.56 bits per heavy atom. The predicted molar refractivity (Wildman–Crippen MR) is 72.9 cm³/mol. The highest BCUT2D eigenvalue weighted by molar-refractivity contribution is 9.10. The number of amides is 1. The molecule has 0 unspecified atom stereocenters. The van der Waals surface area contributed by atoms with Crippen LogP contribution in [0.25, 0.3) is 0 Å². The first-order valence-corrected chi connectivity index (χ1v) is 6.39. The van der Waals surface area contributed by atoms with Gasteiger partial charge in [0, 0.05) is 11.5 Å². The SMILES string of the molecule is COc1ccc(C(=O)NCC(=O)C(C)C)cc1Br. The monoisotopic (exact) mass is 313 g/mol. The van der Waals surface area contributed by atoms with Crippen LogP contribution in [0.3, 0.4) is 0 Å². The summed E-state index contributed by atoms with van der Waals surface area (Å²) in [6, 6.07) is 5.01. The summed E-state index contributed by atoms with van der Waals surface area (Å²) < 4.78 is 5.78. The van der Waals surface area contributed by atoms with E-state index < -0.39 is 0 Å². The number of carbonyl (C=O) groups is 2. The number of hydrogen-bond donors (Lipinski definition) is 1. The van der Waals surface area contributed by atoms with Crippen molar-refractivity contribution in [3.8, 4) is 5.75 Å². The van der Waals surface area contributed by atoms with Gasteiger partial charge in [-0.3, -0.25) is 9.59 Å². The molecule has 0 aliphatic heterocycles. The van der Waals surface area contributed by atoms with Crippen LogP contribution >= 0.6 is 15.9 Å². The Kier molecular flexibility index (Phi) is 5.34. The molecule has 0 atom stereocenters. The number of rotatable bonds is 5. The van der Waals surface area contributed by atoms with Crippen LogP contribution < -0.4 is 10.1 Å². The minimum atomic E-state index is -0.271. The number of Topliss-reactive ketones (excluding diaryl/α,β-unsaturated/α-hetero) is 1. The van der Waals surface area contributed by atoms with Crippen LogP contribution in [0.4, 0.5) is 0 Å². The molecule has 98 valence electrons. The Hall–Kier alpha value is -1.36. The van der Waals surface area contributed by atoms with Gasteiger partial charge in [-0.1, -0.05) is 13.8 Å². The molecule has 0 bridgehead atoms. The fourth-order valence-corrected chi connectivity index (χ4v) is 1.82. The van der Waals surface area contributed by atoms with Crippen molar-refractivity contribution in [3.63, 3.8) is 0 Å². The molecule has 0 fully saturated rings. The molecule has 0 aliphatic rings. The van der Waals surface area contributed by atoms with E-state index in [1.807, 2.05) is 0 Å². The summed E-state index contributed by atoms with van der Waals surface area (Å²) in [7, 11) is 1.56. The van der Waals surface area contributed by atoms with E-state index in [0.29, 0.717) is 15.8 Å². The van der Waals surface area contributed by atoms with Crippen molar-refractivity contribution in [1.82, 2.24) is 5.32 Å². The molecule has 1 aromatic carbocycles. The molecule has 0 heterocycles. The van der Waals surface area contributed by atoms with Gasteiger partial charge in [-0.05, 0) is 34.1 Å². The minimum absolute atomic E-state index is 0.0101. The van der Waals surface area contributed by atoms with Crippen LogP contribution in [0.5, 0.6) is 5.75 Å². The van der Waals surface area contributed by atoms with E-state index in [9.17, 15) is 9.59 Å². The molecule has 0 radical (unpaired) electrons. The fraction of sp³-hybridized carbons (Fsp3) is 0.385. The maximum Gasteiger partial charge on any atom is 0.251 e. The maximum absolute atomic E-state index is 11.8. The summed E-state index contributed by atoms with van der Waals surface area (Å²) in [5, 5.41) is 2.59. The van der Waals surface area contributed by atoms with Gasteiger partial charge in [-0.15, -0.1) is 0 Å². The third kappa shape index (κ3) is 3.84. The average Bonchev–Trinajstić information content (AvgIpc) is 2.35. The summed E-state index contributed by atoms with van der Waals surface area (Å²) in [6.07, 6.45) is 0. The normalized spacial score (nSPS) is 10.3. The van der Waals surface area contributed by atoms with Gasteiger partial charge in [-0.2, -0.15) is 0 Å². The molecule has 4 nitrogen and oxygen atoms in total. The third-order valence-electron chi connectivity index (χ3n) is 2.48. The van der Waals surface area contributed by atoms with E-state index >= 15 is 0 Å². The molecular weight excluding hydrogens is 298 g/mol. The summed E-state index contributed by atoms with van der Waals surface area (Å²) in [4.78, 5) is 23.2. The van der Waals surface area contributed by atoms with E-state index in [-0.39, 0.29) is 24.2 Å². The van der Waals surface area contributed by atoms with E-state index in [1.54, 1.807) is 39.2 Å². The number of benzene rings is 1. The van der Waals surface area contributed by atoms with E-state index in [4.69, 9.17) is 4.74 Å². The van der Waals surface area contributed by atoms with Gasteiger partial charge in [0.25, 0.3) is 5.91 Å². The molecular formula is C13H16BrNO3. The molecule has 0 saturated carbocycles. The van der Waals surface area contributed by atoms with Crippen LogP contribution in [0.1, 0.15) is 24.2 Å². The number of methoxy groups -OCH3 is 1. The lowest BCUT2D eigenvalue weighted by atomic mass is 10.1. The Morgan fingerprint density at radius 2 is 2.06 bits per heavy atom. The second kappa shape index (κ2) is 6.54. The smallest absolute Gasteiger partial charge is 0.251 e. The zero-order valence-electron chi connectivity index (χ0n) is 10.6. The van der Waals surface area contributed by atoms with Crippen LogP contribution in [0, 0.1) is 5.92 Å². The Bertz CT molecular complexity index is 458. The van der Waals surface area contributed by atoms with Gasteiger partial charge in [0.2, 0.25) is 0 Å². The molecule has 0 aliphatic carbocycles. The number of nitrogens with one attached hydrogen (secondary N) is 1. The van der Waals surface area contributed by atoms with Crippen molar-refractivity contribution in [2.24, 2.45) is 5.92 Å². The molecule has 1 amide bonds. The summed E-state index contributed by atoms with van der Waals surface area (Å²) >= 11 is 3.31. The first-order valence-electron chi connectivity index (χ1n) is 5.60. The number of halogens is 1. The number of carbonyl (C=O) groups excluding carboxylic acids is 2. The lowest BCUT2D eigenvalue weighted by molar-refractivity contribution is -0.120. The van der Waals surface area contributed by atoms with E-state index in [1.165, 1.54) is 0 Å². The highest BCUT2D eigenvalue weighted by Gasteiger charge is 2.12. The second-order valence-corrected chi connectivity index (χ2v) is 5.01. The van der Waals surface area contributed by atoms with Crippen LogP contribution in [0.15, 0.2) is 22.7 Å². The Labute approximate surface area is 115 Å². The van der Waals surface area contributed by atoms with E-state index in [0.717, 1.165) is 0 Å². The van der Waals surface area contributed by atoms with Gasteiger partial charge in [0.15, 0.2) is 5.78 Å². The van der Waals surface area contributed by atoms with Gasteiger partial charge in [0.05, 0.1) is 18.1 Å². The minimum Gasteiger partial charge on any atom is -0.496 e. The predicted octanol–water partition coefficient (Wildman–Crippen LogP) is 2.41. The molecule has 0 aromatic heterocycles. The summed E-state index contributed by atoms with van der Waals surface area (Å²) in [5.74, 6) is 0.320. The Morgan fingerprint density at radius 1 is 1.39 bits per heavy atom. The van der Waals surface area contributed by atoms with Gasteiger partial charge in [0.1, 0.15) is 5.75 Å². The molecule has 18 heavy (non-hydrogen) atoms. The van der Waals surface area contributed by atoms with Crippen molar-refractivity contribution in [2.75, 3.05) is 13.7 Å². The van der Waals surface area contributed by atoms with Crippen LogP contribution in [-0.2, 0) is 4.79 Å². The molecule has 0 spiro atoms. The molecule has 1 rings (SSSR count). The zero-order chi connectivity index (χ0) is 13.7. The van der Waals surface area contributed by atoms with Crippen molar-refractivity contribution in [1.29, 1.82) is 0 Å². The van der Waals surface area contributed by atoms with Crippen LogP contribution in [-0.4, -0.2) is 25.3 Å². The van der Waals surface area contributed by atoms with Crippen molar-refractivity contribution < 1.29 is 14.3 Å². The highest BCUT2D eigenvalue weighted by Crippen LogP contribution is 2.25. The summed E-state index contributed by atoms with van der Waals surface area (Å²) in [5.41, 5.74) is 0.485. The summed E-state index contributed by atoms with van der Waals surface area (Å²) in [6.45, 7) is 3.66. The van der Waals surface area contributed by atoms with Crippen molar-refractivity contribution >= 4 is 27.6 Å². The number of ketones is 1. The molecule has 0 saturated heterocycles. The van der Waals surface area contributed by atoms with Gasteiger partial charge >= 0.3 is 0 Å². The highest BCUT2D eigenvalue weighted by atomic mass is 79.9. The van der Waals surface area contributed by atoms with Crippen molar-refractivity contribution in [2.45, 2.75) is 13.8 Å². The standard InChI is InChI=1S/C13H16BrNO3/c1-8(2)11(16)7-15-13(17)9-4-5-12(18-3)10(14)6-9/h4-6,8H,7H2,1-3H3,(H,15,17). The molecule has 1 aromatic rings. The quantitative estimate of drug-likeness (QED) is 0.908. The average molecular weight is 314 g/mol. The molecule has 5 heteroatoms. The first kappa shape index (κ1) is 14.7. The van der Waals surface area contributed by atoms with Gasteiger partial charge in [-0.25, -0.2) is 0 Å². The molecule has 1 N–H and O–H groups in total. The lowest BCUT2D eigenvalue weighted by Crippen LogP contribution is -2.31. The number of hydrogen-bond acceptors (Lipinski definition) is 3. The maximum atomic E-state index is 11.8. The van der Waals surface area contributed by atoms with E-state index in [2.05, 4.69) is 21.2 Å². The fourth-order valence-electron chi connectivity index (χ4n) is 1.28. The second-order valence-electron chi connectivity index (χ2n) is 4.15. The lowest BCUT2D eigenvalue weighted by Gasteiger charge is -2.08. The zero-order valence-corrected chi connectivity index (χ0v) is 12.2. The third-order valence-corrected chi connectivity index (χ3v) is 3.10. The number of ether oxygens (including phenoxy) is 1. The van der Waals surface area contributed by atoms with Crippen LogP contribution in [0.2, 0.25) is 0 Å². The van der Waals surface area contributed by atoms with Gasteiger partial charge < -0.3 is 10.1 Å². The largest absolute Gasteiger partial charge is 0.496 e. The van der Waals surface area contributed by atoms with Crippen molar-refractivity contribution in [3.05, 3.63) is 28.2 Å². The topological polar surface area (TPSA) is 55.4 Å². The Balaban J connectivity index is 2.68.